The molecule has 3 aromatic rings. The maximum absolute atomic E-state index is 12.5. The number of imide groups is 1. The van der Waals surface area contributed by atoms with Gasteiger partial charge in [-0.2, -0.15) is 5.10 Å². The van der Waals surface area contributed by atoms with E-state index in [9.17, 15) is 14.4 Å². The Labute approximate surface area is 154 Å². The summed E-state index contributed by atoms with van der Waals surface area (Å²) >= 11 is 0. The number of benzene rings is 1. The number of primary amides is 1. The maximum atomic E-state index is 12.5. The number of nitrogens with zero attached hydrogens (tertiary/aromatic N) is 3. The van der Waals surface area contributed by atoms with Crippen LogP contribution < -0.4 is 11.1 Å². The number of esters is 1. The van der Waals surface area contributed by atoms with Crippen LogP contribution in [0.3, 0.4) is 0 Å². The van der Waals surface area contributed by atoms with Gasteiger partial charge in [0.2, 0.25) is 0 Å². The minimum atomic E-state index is -1.02. The molecule has 0 aliphatic rings. The number of hydrogen-bond donors (Lipinski definition) is 2. The number of pyridine rings is 1. The number of rotatable bonds is 5. The summed E-state index contributed by atoms with van der Waals surface area (Å²) < 4.78 is 6.67. The smallest absolute Gasteiger partial charge is 0.339 e. The molecule has 2 heterocycles. The fourth-order valence-corrected chi connectivity index (χ4v) is 2.59. The molecule has 0 fully saturated rings. The van der Waals surface area contributed by atoms with Crippen molar-refractivity contribution in [2.75, 3.05) is 6.61 Å². The van der Waals surface area contributed by atoms with Crippen LogP contribution in [0, 0.1) is 0 Å². The minimum Gasteiger partial charge on any atom is -0.452 e. The highest BCUT2D eigenvalue weighted by Crippen LogP contribution is 2.25. The SMILES string of the molecule is CCn1ncc2c(C(=O)OCC(=O)NC(N)=O)cc(-c3ccccc3)nc21. The summed E-state index contributed by atoms with van der Waals surface area (Å²) in [7, 11) is 0. The third-order valence-corrected chi connectivity index (χ3v) is 3.80. The van der Waals surface area contributed by atoms with Gasteiger partial charge in [-0.15, -0.1) is 0 Å². The highest BCUT2D eigenvalue weighted by molar-refractivity contribution is 6.04. The largest absolute Gasteiger partial charge is 0.452 e. The van der Waals surface area contributed by atoms with Crippen molar-refractivity contribution in [3.63, 3.8) is 0 Å². The lowest BCUT2D eigenvalue weighted by Gasteiger charge is -2.08. The number of aryl methyl sites for hydroxylation is 1. The number of nitrogens with one attached hydrogen (secondary N) is 1. The number of nitrogens with two attached hydrogens (primary N) is 1. The molecule has 3 rings (SSSR count). The van der Waals surface area contributed by atoms with E-state index in [0.717, 1.165) is 5.56 Å². The first-order valence-electron chi connectivity index (χ1n) is 8.18. The third kappa shape index (κ3) is 3.92. The second kappa shape index (κ2) is 7.65. The Morgan fingerprint density at radius 3 is 2.63 bits per heavy atom. The summed E-state index contributed by atoms with van der Waals surface area (Å²) in [5.74, 6) is -1.54. The molecule has 0 aliphatic carbocycles. The number of carbonyl (C=O) groups is 3. The van der Waals surface area contributed by atoms with Crippen LogP contribution in [0.4, 0.5) is 4.79 Å². The van der Waals surface area contributed by atoms with Crippen molar-refractivity contribution in [1.82, 2.24) is 20.1 Å². The van der Waals surface area contributed by atoms with Crippen LogP contribution in [0.5, 0.6) is 0 Å². The van der Waals surface area contributed by atoms with E-state index in [2.05, 4.69) is 10.1 Å². The van der Waals surface area contributed by atoms with Gasteiger partial charge < -0.3 is 10.5 Å². The van der Waals surface area contributed by atoms with Crippen LogP contribution in [0.2, 0.25) is 0 Å². The number of amides is 3. The zero-order valence-electron chi connectivity index (χ0n) is 14.5. The van der Waals surface area contributed by atoms with E-state index in [1.807, 2.05) is 42.6 Å². The molecule has 3 amide bonds. The first-order chi connectivity index (χ1) is 13.0. The first-order valence-corrected chi connectivity index (χ1v) is 8.18. The minimum absolute atomic E-state index is 0.227. The van der Waals surface area contributed by atoms with Crippen molar-refractivity contribution in [2.24, 2.45) is 5.73 Å². The van der Waals surface area contributed by atoms with Crippen molar-refractivity contribution < 1.29 is 19.1 Å². The molecule has 0 unspecified atom stereocenters. The van der Waals surface area contributed by atoms with Gasteiger partial charge >= 0.3 is 12.0 Å². The second-order valence-electron chi connectivity index (χ2n) is 5.61. The average molecular weight is 367 g/mol. The first kappa shape index (κ1) is 18.1. The molecule has 0 atom stereocenters. The molecule has 9 nitrogen and oxygen atoms in total. The standard InChI is InChI=1S/C18H17N5O4/c1-2-23-16-13(9-20-23)12(17(25)27-10-15(24)22-18(19)26)8-14(21-16)11-6-4-3-5-7-11/h3-9H,2,10H2,1H3,(H3,19,22,24,26). The van der Waals surface area contributed by atoms with Crippen LogP contribution in [0.25, 0.3) is 22.3 Å². The molecule has 2 aromatic heterocycles. The van der Waals surface area contributed by atoms with Gasteiger partial charge in [0.15, 0.2) is 12.3 Å². The summed E-state index contributed by atoms with van der Waals surface area (Å²) in [6.45, 7) is 1.86. The van der Waals surface area contributed by atoms with E-state index < -0.39 is 24.5 Å². The van der Waals surface area contributed by atoms with Gasteiger partial charge in [0.05, 0.1) is 22.8 Å². The van der Waals surface area contributed by atoms with E-state index in [0.29, 0.717) is 23.3 Å². The molecule has 9 heteroatoms. The van der Waals surface area contributed by atoms with E-state index in [1.54, 1.807) is 10.7 Å². The third-order valence-electron chi connectivity index (χ3n) is 3.80. The molecular weight excluding hydrogens is 350 g/mol. The van der Waals surface area contributed by atoms with Crippen molar-refractivity contribution in [3.05, 3.63) is 48.2 Å². The number of ether oxygens (including phenoxy) is 1. The normalized spacial score (nSPS) is 10.6. The molecule has 1 aromatic carbocycles. The monoisotopic (exact) mass is 367 g/mol. The second-order valence-corrected chi connectivity index (χ2v) is 5.61. The number of hydrogen-bond acceptors (Lipinski definition) is 6. The van der Waals surface area contributed by atoms with Gasteiger partial charge in [-0.1, -0.05) is 30.3 Å². The lowest BCUT2D eigenvalue weighted by atomic mass is 10.1. The maximum Gasteiger partial charge on any atom is 0.339 e. The van der Waals surface area contributed by atoms with Crippen LogP contribution in [0.15, 0.2) is 42.6 Å². The Morgan fingerprint density at radius 1 is 1.22 bits per heavy atom. The lowest BCUT2D eigenvalue weighted by Crippen LogP contribution is -2.37. The zero-order chi connectivity index (χ0) is 19.4. The van der Waals surface area contributed by atoms with Crippen molar-refractivity contribution in [1.29, 1.82) is 0 Å². The predicted molar refractivity (Wildman–Crippen MR) is 96.6 cm³/mol. The van der Waals surface area contributed by atoms with Crippen molar-refractivity contribution >= 4 is 28.9 Å². The Kier molecular flexibility index (Phi) is 5.11. The number of aromatic nitrogens is 3. The Bertz CT molecular complexity index is 1010. The predicted octanol–water partition coefficient (Wildman–Crippen LogP) is 1.47. The molecule has 0 radical (unpaired) electrons. The topological polar surface area (TPSA) is 129 Å². The Hall–Kier alpha value is -3.75. The van der Waals surface area contributed by atoms with Crippen molar-refractivity contribution in [3.8, 4) is 11.3 Å². The van der Waals surface area contributed by atoms with Gasteiger partial charge in [0.1, 0.15) is 0 Å². The molecule has 27 heavy (non-hydrogen) atoms. The van der Waals surface area contributed by atoms with Crippen LogP contribution >= 0.6 is 0 Å². The molecular formula is C18H17N5O4. The Balaban J connectivity index is 1.98. The summed E-state index contributed by atoms with van der Waals surface area (Å²) in [5.41, 5.74) is 7.02. The fraction of sp³-hybridized carbons (Fsp3) is 0.167. The van der Waals surface area contributed by atoms with Crippen LogP contribution in [0.1, 0.15) is 17.3 Å². The van der Waals surface area contributed by atoms with E-state index in [4.69, 9.17) is 10.5 Å². The molecule has 0 aliphatic heterocycles. The number of urea groups is 1. The van der Waals surface area contributed by atoms with Gasteiger partial charge in [0, 0.05) is 12.1 Å². The van der Waals surface area contributed by atoms with E-state index >= 15 is 0 Å². The Morgan fingerprint density at radius 2 is 1.96 bits per heavy atom. The average Bonchev–Trinajstić information content (AvgIpc) is 3.08. The van der Waals surface area contributed by atoms with Crippen LogP contribution in [-0.4, -0.2) is 39.3 Å². The van der Waals surface area contributed by atoms with Gasteiger partial charge in [0.25, 0.3) is 5.91 Å². The number of carbonyl (C=O) groups excluding carboxylic acids is 3. The molecule has 0 saturated heterocycles. The van der Waals surface area contributed by atoms with E-state index in [-0.39, 0.29) is 5.56 Å². The quantitative estimate of drug-likeness (QED) is 0.657. The fourth-order valence-electron chi connectivity index (χ4n) is 2.59. The van der Waals surface area contributed by atoms with Gasteiger partial charge in [-0.25, -0.2) is 19.3 Å². The van der Waals surface area contributed by atoms with Gasteiger partial charge in [-0.05, 0) is 13.0 Å². The van der Waals surface area contributed by atoms with Crippen LogP contribution in [-0.2, 0) is 16.1 Å². The summed E-state index contributed by atoms with van der Waals surface area (Å²) in [4.78, 5) is 39.3. The molecule has 0 bridgehead atoms. The lowest BCUT2D eigenvalue weighted by molar-refractivity contribution is -0.123. The highest BCUT2D eigenvalue weighted by Gasteiger charge is 2.19. The summed E-state index contributed by atoms with van der Waals surface area (Å²) in [5, 5.41) is 6.57. The number of fused-ring (bicyclic) bond motifs is 1. The molecule has 3 N–H and O–H groups in total. The summed E-state index contributed by atoms with van der Waals surface area (Å²) in [6.07, 6.45) is 1.53. The van der Waals surface area contributed by atoms with Crippen molar-refractivity contribution in [2.45, 2.75) is 13.5 Å². The molecule has 0 saturated carbocycles. The highest BCUT2D eigenvalue weighted by atomic mass is 16.5. The van der Waals surface area contributed by atoms with E-state index in [1.165, 1.54) is 6.20 Å². The summed E-state index contributed by atoms with van der Waals surface area (Å²) in [6, 6.07) is 9.93. The zero-order valence-corrected chi connectivity index (χ0v) is 14.5. The molecule has 0 spiro atoms. The van der Waals surface area contributed by atoms with Gasteiger partial charge in [-0.3, -0.25) is 10.1 Å². The molecule has 138 valence electrons.